The molecule has 0 aromatic heterocycles. The normalized spacial score (nSPS) is 45.4. The van der Waals surface area contributed by atoms with Crippen molar-refractivity contribution in [3.8, 4) is 0 Å². The summed E-state index contributed by atoms with van der Waals surface area (Å²) >= 11 is 0. The molecule has 1 heterocycles. The van der Waals surface area contributed by atoms with Gasteiger partial charge in [0.15, 0.2) is 0 Å². The van der Waals surface area contributed by atoms with Gasteiger partial charge in [0.1, 0.15) is 18.5 Å². The average Bonchev–Trinajstić information content (AvgIpc) is 3.02. The molecule has 3 aliphatic carbocycles. The molecule has 0 amide bonds. The topological polar surface area (TPSA) is 96.0 Å². The highest BCUT2D eigenvalue weighted by Crippen LogP contribution is 2.70. The third-order valence-electron chi connectivity index (χ3n) is 9.06. The van der Waals surface area contributed by atoms with E-state index in [4.69, 9.17) is 14.2 Å². The summed E-state index contributed by atoms with van der Waals surface area (Å²) in [4.78, 5) is 49.9. The Bertz CT molecular complexity index is 804. The van der Waals surface area contributed by atoms with Crippen LogP contribution in [0.2, 0.25) is 0 Å². The summed E-state index contributed by atoms with van der Waals surface area (Å²) in [5.74, 6) is -2.33. The lowest BCUT2D eigenvalue weighted by Crippen LogP contribution is -2.70. The lowest BCUT2D eigenvalue weighted by atomic mass is 9.37. The molecule has 0 N–H and O–H groups in total. The molecule has 4 rings (SSSR count). The summed E-state index contributed by atoms with van der Waals surface area (Å²) in [6, 6.07) is 0. The number of aldehydes is 1. The van der Waals surface area contributed by atoms with Crippen LogP contribution in [-0.4, -0.2) is 43.0 Å². The number of cyclic esters (lactones) is 1. The SMILES string of the molecule is CC(=O)OC1CC2C(=O)OCC2C2(C=O)C(OC(C)=O)CC3C(C)(C)CCCC3(C)C12. The lowest BCUT2D eigenvalue weighted by molar-refractivity contribution is -0.252. The molecule has 1 saturated heterocycles. The first-order valence-electron chi connectivity index (χ1n) is 11.4. The molecule has 31 heavy (non-hydrogen) atoms. The number of rotatable bonds is 3. The first-order chi connectivity index (χ1) is 14.5. The average molecular weight is 435 g/mol. The molecule has 4 fully saturated rings. The zero-order valence-electron chi connectivity index (χ0n) is 19.1. The van der Waals surface area contributed by atoms with E-state index in [1.54, 1.807) is 0 Å². The number of fused-ring (bicyclic) bond motifs is 5. The van der Waals surface area contributed by atoms with Crippen LogP contribution >= 0.6 is 0 Å². The van der Waals surface area contributed by atoms with Crippen molar-refractivity contribution in [1.29, 1.82) is 0 Å². The van der Waals surface area contributed by atoms with Gasteiger partial charge in [-0.15, -0.1) is 0 Å². The monoisotopic (exact) mass is 434 g/mol. The van der Waals surface area contributed by atoms with Crippen LogP contribution in [0.3, 0.4) is 0 Å². The van der Waals surface area contributed by atoms with Crippen LogP contribution in [0.25, 0.3) is 0 Å². The van der Waals surface area contributed by atoms with Crippen molar-refractivity contribution >= 4 is 24.2 Å². The molecule has 0 aromatic carbocycles. The van der Waals surface area contributed by atoms with Gasteiger partial charge in [0.2, 0.25) is 0 Å². The summed E-state index contributed by atoms with van der Waals surface area (Å²) in [5, 5.41) is 0. The molecular formula is C24H34O7. The van der Waals surface area contributed by atoms with Crippen molar-refractivity contribution in [3.63, 3.8) is 0 Å². The second-order valence-electron chi connectivity index (χ2n) is 11.1. The molecule has 0 bridgehead atoms. The second-order valence-corrected chi connectivity index (χ2v) is 11.1. The molecule has 0 spiro atoms. The largest absolute Gasteiger partial charge is 0.465 e. The van der Waals surface area contributed by atoms with E-state index >= 15 is 0 Å². The number of hydrogen-bond acceptors (Lipinski definition) is 7. The molecule has 4 aliphatic rings. The van der Waals surface area contributed by atoms with Crippen molar-refractivity contribution in [2.24, 2.45) is 39.9 Å². The van der Waals surface area contributed by atoms with Gasteiger partial charge >= 0.3 is 17.9 Å². The molecule has 0 radical (unpaired) electrons. The highest BCUT2D eigenvalue weighted by molar-refractivity contribution is 5.78. The van der Waals surface area contributed by atoms with Crippen LogP contribution in [0.1, 0.15) is 66.7 Å². The van der Waals surface area contributed by atoms with Crippen LogP contribution in [0, 0.1) is 39.9 Å². The fourth-order valence-electron chi connectivity index (χ4n) is 8.15. The molecule has 8 atom stereocenters. The zero-order valence-corrected chi connectivity index (χ0v) is 19.1. The fraction of sp³-hybridized carbons (Fsp3) is 0.833. The lowest BCUT2D eigenvalue weighted by Gasteiger charge is -2.67. The van der Waals surface area contributed by atoms with Gasteiger partial charge in [-0.25, -0.2) is 0 Å². The van der Waals surface area contributed by atoms with Gasteiger partial charge < -0.3 is 19.0 Å². The Morgan fingerprint density at radius 2 is 1.74 bits per heavy atom. The summed E-state index contributed by atoms with van der Waals surface area (Å²) in [6.45, 7) is 9.53. The highest BCUT2D eigenvalue weighted by Gasteiger charge is 2.73. The number of carbonyl (C=O) groups is 4. The zero-order chi connectivity index (χ0) is 22.8. The second kappa shape index (κ2) is 7.31. The van der Waals surface area contributed by atoms with Crippen LogP contribution < -0.4 is 0 Å². The van der Waals surface area contributed by atoms with E-state index in [0.717, 1.165) is 25.5 Å². The van der Waals surface area contributed by atoms with Gasteiger partial charge in [0.25, 0.3) is 0 Å². The Morgan fingerprint density at radius 3 is 2.35 bits per heavy atom. The first kappa shape index (κ1) is 22.3. The maximum absolute atomic E-state index is 13.1. The van der Waals surface area contributed by atoms with Crippen molar-refractivity contribution in [2.45, 2.75) is 78.9 Å². The van der Waals surface area contributed by atoms with E-state index in [1.807, 2.05) is 0 Å². The van der Waals surface area contributed by atoms with Gasteiger partial charge in [-0.2, -0.15) is 0 Å². The number of hydrogen-bond donors (Lipinski definition) is 0. The number of esters is 3. The summed E-state index contributed by atoms with van der Waals surface area (Å²) in [6.07, 6.45) is 3.49. The Kier molecular flexibility index (Phi) is 5.25. The summed E-state index contributed by atoms with van der Waals surface area (Å²) in [5.41, 5.74) is -1.43. The number of carbonyl (C=O) groups excluding carboxylic acids is 4. The Balaban J connectivity index is 1.93. The van der Waals surface area contributed by atoms with Crippen molar-refractivity contribution < 1.29 is 33.4 Å². The molecule has 172 valence electrons. The molecular weight excluding hydrogens is 400 g/mol. The van der Waals surface area contributed by atoms with Gasteiger partial charge in [-0.05, 0) is 42.4 Å². The minimum absolute atomic E-state index is 0.0138. The van der Waals surface area contributed by atoms with E-state index < -0.39 is 35.5 Å². The molecule has 0 aromatic rings. The maximum atomic E-state index is 13.1. The summed E-state index contributed by atoms with van der Waals surface area (Å²) in [7, 11) is 0. The van der Waals surface area contributed by atoms with Crippen molar-refractivity contribution in [1.82, 2.24) is 0 Å². The molecule has 1 aliphatic heterocycles. The molecule has 7 nitrogen and oxygen atoms in total. The van der Waals surface area contributed by atoms with Crippen LogP contribution in [0.15, 0.2) is 0 Å². The van der Waals surface area contributed by atoms with Crippen molar-refractivity contribution in [3.05, 3.63) is 0 Å². The fourth-order valence-corrected chi connectivity index (χ4v) is 8.15. The minimum Gasteiger partial charge on any atom is -0.465 e. The van der Waals surface area contributed by atoms with Crippen molar-refractivity contribution in [2.75, 3.05) is 6.61 Å². The van der Waals surface area contributed by atoms with E-state index in [-0.39, 0.29) is 41.2 Å². The van der Waals surface area contributed by atoms with Gasteiger partial charge in [0, 0.05) is 25.7 Å². The molecule has 8 unspecified atom stereocenters. The van der Waals surface area contributed by atoms with Crippen LogP contribution in [-0.2, 0) is 33.4 Å². The first-order valence-corrected chi connectivity index (χ1v) is 11.4. The van der Waals surface area contributed by atoms with E-state index in [9.17, 15) is 19.2 Å². The summed E-state index contributed by atoms with van der Waals surface area (Å²) < 4.78 is 17.1. The standard InChI is InChI=1S/C24H34O7/c1-13(26)30-17-9-15-16(11-29-21(15)28)24(12-25)19(31-14(2)27)10-18-22(3,4)7-6-8-23(18,5)20(17)24/h12,15-20H,6-11H2,1-5H3. The maximum Gasteiger partial charge on any atom is 0.309 e. The number of ether oxygens (including phenoxy) is 3. The van der Waals surface area contributed by atoms with Gasteiger partial charge in [0.05, 0.1) is 17.9 Å². The van der Waals surface area contributed by atoms with Gasteiger partial charge in [-0.3, -0.25) is 14.4 Å². The smallest absolute Gasteiger partial charge is 0.309 e. The van der Waals surface area contributed by atoms with E-state index in [2.05, 4.69) is 20.8 Å². The van der Waals surface area contributed by atoms with Gasteiger partial charge in [-0.1, -0.05) is 27.2 Å². The van der Waals surface area contributed by atoms with E-state index in [0.29, 0.717) is 12.8 Å². The minimum atomic E-state index is -1.13. The Hall–Kier alpha value is -1.92. The highest BCUT2D eigenvalue weighted by atomic mass is 16.6. The third-order valence-corrected chi connectivity index (χ3v) is 9.06. The third kappa shape index (κ3) is 3.13. The quantitative estimate of drug-likeness (QED) is 0.383. The Morgan fingerprint density at radius 1 is 1.06 bits per heavy atom. The van der Waals surface area contributed by atoms with Crippen LogP contribution in [0.5, 0.6) is 0 Å². The Labute approximate surface area is 183 Å². The predicted octanol–water partition coefficient (Wildman–Crippen LogP) is 3.08. The predicted molar refractivity (Wildman–Crippen MR) is 109 cm³/mol. The molecule has 3 saturated carbocycles. The molecule has 7 heteroatoms. The van der Waals surface area contributed by atoms with Crippen LogP contribution in [0.4, 0.5) is 0 Å². The van der Waals surface area contributed by atoms with E-state index in [1.165, 1.54) is 13.8 Å².